The minimum Gasteiger partial charge on any atom is -0.391 e. The van der Waals surface area contributed by atoms with Crippen molar-refractivity contribution in [2.24, 2.45) is 0 Å². The second-order valence-electron chi connectivity index (χ2n) is 1.97. The second kappa shape index (κ2) is 3.29. The molecule has 0 aromatic rings. The predicted octanol–water partition coefficient (Wildman–Crippen LogP) is -0.425. The summed E-state index contributed by atoms with van der Waals surface area (Å²) in [6.07, 6.45) is -1.85. The van der Waals surface area contributed by atoms with E-state index < -0.39 is 22.6 Å². The second-order valence-corrected chi connectivity index (χ2v) is 3.02. The lowest BCUT2D eigenvalue weighted by Gasteiger charge is -2.11. The first-order valence-corrected chi connectivity index (χ1v) is 4.03. The lowest BCUT2D eigenvalue weighted by molar-refractivity contribution is 0.0564. The highest BCUT2D eigenvalue weighted by molar-refractivity contribution is 7.80. The van der Waals surface area contributed by atoms with Crippen molar-refractivity contribution in [1.82, 2.24) is 0 Å². The van der Waals surface area contributed by atoms with Crippen LogP contribution in [0.15, 0.2) is 0 Å². The fourth-order valence-electron chi connectivity index (χ4n) is 0.272. The van der Waals surface area contributed by atoms with E-state index in [1.807, 2.05) is 0 Å². The Bertz CT molecular complexity index is 182. The minimum atomic E-state index is -4.43. The third kappa shape index (κ3) is 4.68. The van der Waals surface area contributed by atoms with Gasteiger partial charge in [0.15, 0.2) is 0 Å². The molecule has 0 radical (unpaired) electrons. The van der Waals surface area contributed by atoms with Gasteiger partial charge in [-0.25, -0.2) is 4.18 Å². The topological polar surface area (TPSA) is 83.8 Å². The maximum Gasteiger partial charge on any atom is 0.397 e. The SMILES string of the molecule is CC(O)C(C)OS(=O)(=O)O. The van der Waals surface area contributed by atoms with Gasteiger partial charge in [-0.3, -0.25) is 4.55 Å². The molecule has 2 unspecified atom stereocenters. The van der Waals surface area contributed by atoms with Crippen LogP contribution in [0.3, 0.4) is 0 Å². The standard InChI is InChI=1S/C4H10O5S/c1-3(5)4(2)9-10(6,7)8/h3-5H,1-2H3,(H,6,7,8). The Kier molecular flexibility index (Phi) is 3.23. The maximum atomic E-state index is 9.97. The fraction of sp³-hybridized carbons (Fsp3) is 1.00. The smallest absolute Gasteiger partial charge is 0.391 e. The zero-order valence-corrected chi connectivity index (χ0v) is 6.50. The van der Waals surface area contributed by atoms with Gasteiger partial charge in [-0.15, -0.1) is 0 Å². The van der Waals surface area contributed by atoms with E-state index in [9.17, 15) is 8.42 Å². The summed E-state index contributed by atoms with van der Waals surface area (Å²) in [6.45, 7) is 2.69. The quantitative estimate of drug-likeness (QED) is 0.562. The first-order valence-electron chi connectivity index (χ1n) is 2.66. The molecule has 0 aliphatic rings. The molecule has 0 aromatic heterocycles. The van der Waals surface area contributed by atoms with Gasteiger partial charge in [-0.1, -0.05) is 0 Å². The first-order chi connectivity index (χ1) is 4.33. The highest BCUT2D eigenvalue weighted by Gasteiger charge is 2.16. The van der Waals surface area contributed by atoms with Crippen molar-refractivity contribution in [2.75, 3.05) is 0 Å². The van der Waals surface area contributed by atoms with Gasteiger partial charge in [0.1, 0.15) is 6.10 Å². The number of aliphatic hydroxyl groups is 1. The van der Waals surface area contributed by atoms with Crippen LogP contribution in [0.2, 0.25) is 0 Å². The Labute approximate surface area is 59.6 Å². The van der Waals surface area contributed by atoms with E-state index >= 15 is 0 Å². The molecule has 62 valence electrons. The average Bonchev–Trinajstić information content (AvgIpc) is 1.60. The number of rotatable bonds is 3. The Morgan fingerprint density at radius 2 is 1.80 bits per heavy atom. The van der Waals surface area contributed by atoms with Crippen LogP contribution in [0.25, 0.3) is 0 Å². The summed E-state index contributed by atoms with van der Waals surface area (Å²) in [4.78, 5) is 0. The Morgan fingerprint density at radius 1 is 1.40 bits per heavy atom. The number of hydrogen-bond acceptors (Lipinski definition) is 4. The van der Waals surface area contributed by atoms with E-state index in [1.165, 1.54) is 13.8 Å². The van der Waals surface area contributed by atoms with Gasteiger partial charge in [-0.2, -0.15) is 8.42 Å². The third-order valence-electron chi connectivity index (χ3n) is 0.953. The molecule has 0 aliphatic carbocycles. The van der Waals surface area contributed by atoms with Gasteiger partial charge in [-0.05, 0) is 13.8 Å². The Morgan fingerprint density at radius 3 is 1.90 bits per heavy atom. The largest absolute Gasteiger partial charge is 0.397 e. The monoisotopic (exact) mass is 170 g/mol. The summed E-state index contributed by atoms with van der Waals surface area (Å²) in [5.41, 5.74) is 0. The van der Waals surface area contributed by atoms with Crippen LogP contribution in [0, 0.1) is 0 Å². The van der Waals surface area contributed by atoms with E-state index in [2.05, 4.69) is 4.18 Å². The molecule has 0 rings (SSSR count). The summed E-state index contributed by atoms with van der Waals surface area (Å²) >= 11 is 0. The molecular formula is C4H10O5S. The van der Waals surface area contributed by atoms with Crippen molar-refractivity contribution in [3.05, 3.63) is 0 Å². The van der Waals surface area contributed by atoms with Crippen molar-refractivity contribution in [3.63, 3.8) is 0 Å². The maximum absolute atomic E-state index is 9.97. The molecule has 2 atom stereocenters. The molecule has 6 heteroatoms. The summed E-state index contributed by atoms with van der Waals surface area (Å²) in [5, 5.41) is 8.68. The molecule has 0 saturated heterocycles. The minimum absolute atomic E-state index is 0.921. The third-order valence-corrected chi connectivity index (χ3v) is 1.50. The first kappa shape index (κ1) is 9.83. The molecule has 0 saturated carbocycles. The summed E-state index contributed by atoms with van der Waals surface area (Å²) < 4.78 is 32.0. The van der Waals surface area contributed by atoms with Crippen LogP contribution in [0.5, 0.6) is 0 Å². The number of aliphatic hydroxyl groups excluding tert-OH is 1. The molecule has 0 aliphatic heterocycles. The van der Waals surface area contributed by atoms with Crippen LogP contribution in [-0.2, 0) is 14.6 Å². The molecule has 0 amide bonds. The molecule has 5 nitrogen and oxygen atoms in total. The van der Waals surface area contributed by atoms with Gasteiger partial charge in [0, 0.05) is 0 Å². The Balaban J connectivity index is 3.93. The van der Waals surface area contributed by atoms with Gasteiger partial charge in [0.2, 0.25) is 0 Å². The van der Waals surface area contributed by atoms with E-state index in [0.717, 1.165) is 0 Å². The van der Waals surface area contributed by atoms with Gasteiger partial charge in [0.05, 0.1) is 6.10 Å². The normalized spacial score (nSPS) is 18.4. The molecular weight excluding hydrogens is 160 g/mol. The summed E-state index contributed by atoms with van der Waals surface area (Å²) in [7, 11) is -4.43. The Hall–Kier alpha value is -0.170. The van der Waals surface area contributed by atoms with Crippen LogP contribution in [0.4, 0.5) is 0 Å². The average molecular weight is 170 g/mol. The molecule has 0 heterocycles. The molecule has 2 N–H and O–H groups in total. The van der Waals surface area contributed by atoms with Crippen LogP contribution < -0.4 is 0 Å². The van der Waals surface area contributed by atoms with Crippen molar-refractivity contribution in [1.29, 1.82) is 0 Å². The molecule has 10 heavy (non-hydrogen) atoms. The van der Waals surface area contributed by atoms with Gasteiger partial charge >= 0.3 is 10.4 Å². The lowest BCUT2D eigenvalue weighted by Crippen LogP contribution is -2.25. The van der Waals surface area contributed by atoms with Crippen LogP contribution in [-0.4, -0.2) is 30.3 Å². The molecule has 0 spiro atoms. The highest BCUT2D eigenvalue weighted by atomic mass is 32.3. The highest BCUT2D eigenvalue weighted by Crippen LogP contribution is 2.00. The van der Waals surface area contributed by atoms with Gasteiger partial charge in [0.25, 0.3) is 0 Å². The lowest BCUT2D eigenvalue weighted by atomic mass is 10.3. The zero-order chi connectivity index (χ0) is 8.36. The van der Waals surface area contributed by atoms with Crippen molar-refractivity contribution < 1.29 is 22.3 Å². The predicted molar refractivity (Wildman–Crippen MR) is 33.8 cm³/mol. The van der Waals surface area contributed by atoms with E-state index in [-0.39, 0.29) is 0 Å². The van der Waals surface area contributed by atoms with E-state index in [1.54, 1.807) is 0 Å². The van der Waals surface area contributed by atoms with Crippen LogP contribution in [0.1, 0.15) is 13.8 Å². The summed E-state index contributed by atoms with van der Waals surface area (Å²) in [5.74, 6) is 0. The molecule has 0 bridgehead atoms. The van der Waals surface area contributed by atoms with Crippen LogP contribution >= 0.6 is 0 Å². The van der Waals surface area contributed by atoms with Crippen molar-refractivity contribution in [3.8, 4) is 0 Å². The molecule has 0 fully saturated rings. The van der Waals surface area contributed by atoms with Crippen molar-refractivity contribution >= 4 is 10.4 Å². The van der Waals surface area contributed by atoms with E-state index in [4.69, 9.17) is 9.66 Å². The summed E-state index contributed by atoms with van der Waals surface area (Å²) in [6, 6.07) is 0. The molecule has 0 aromatic carbocycles. The zero-order valence-electron chi connectivity index (χ0n) is 5.68. The van der Waals surface area contributed by atoms with Gasteiger partial charge < -0.3 is 5.11 Å². The van der Waals surface area contributed by atoms with E-state index in [0.29, 0.717) is 0 Å². The van der Waals surface area contributed by atoms with Crippen molar-refractivity contribution in [2.45, 2.75) is 26.1 Å². The number of hydrogen-bond donors (Lipinski definition) is 2. The fourth-order valence-corrected chi connectivity index (χ4v) is 0.817.